The fraction of sp³-hybridized carbons (Fsp3) is 1.00. The van der Waals surface area contributed by atoms with Crippen molar-refractivity contribution in [1.82, 2.24) is 0 Å². The molecule has 15 heavy (non-hydrogen) atoms. The van der Waals surface area contributed by atoms with Gasteiger partial charge in [0.15, 0.2) is 0 Å². The van der Waals surface area contributed by atoms with Gasteiger partial charge in [0.2, 0.25) is 0 Å². The van der Waals surface area contributed by atoms with E-state index in [2.05, 4.69) is 20.8 Å². The van der Waals surface area contributed by atoms with E-state index in [9.17, 15) is 0 Å². The molecule has 0 heterocycles. The van der Waals surface area contributed by atoms with Gasteiger partial charge < -0.3 is 0 Å². The van der Waals surface area contributed by atoms with Crippen molar-refractivity contribution in [3.63, 3.8) is 0 Å². The Morgan fingerprint density at radius 3 is 1.33 bits per heavy atom. The third kappa shape index (κ3) is 10.4. The third-order valence-electron chi connectivity index (χ3n) is 2.96. The van der Waals surface area contributed by atoms with E-state index < -0.39 is 7.26 Å². The normalized spacial score (nSPS) is 12.1. The van der Waals surface area contributed by atoms with Crippen molar-refractivity contribution in [3.05, 3.63) is 0 Å². The molecule has 0 aliphatic carbocycles. The Balaban J connectivity index is 0. The molecule has 0 saturated heterocycles. The summed E-state index contributed by atoms with van der Waals surface area (Å²) in [4.78, 5) is 0. The van der Waals surface area contributed by atoms with Gasteiger partial charge in [-0.15, -0.1) is 0 Å². The first kappa shape index (κ1) is 16.5. The fourth-order valence-electron chi connectivity index (χ4n) is 1.82. The quantitative estimate of drug-likeness (QED) is 0.524. The van der Waals surface area contributed by atoms with Gasteiger partial charge in [0.25, 0.3) is 0 Å². The second-order valence-electron chi connectivity index (χ2n) is 4.57. The minimum atomic E-state index is -0.860. The molecule has 0 saturated carbocycles. The molecule has 0 aromatic heterocycles. The maximum atomic E-state index is 7.89. The molecule has 0 aliphatic heterocycles. The Morgan fingerprint density at radius 2 is 1.13 bits per heavy atom. The van der Waals surface area contributed by atoms with Crippen LogP contribution in [0.4, 0.5) is 0 Å². The molecule has 0 rings (SSSR count). The smallest absolute Gasteiger partial charge is 0.0652 e. The van der Waals surface area contributed by atoms with Gasteiger partial charge in [0, 0.05) is 46.6 Å². The van der Waals surface area contributed by atoms with Gasteiger partial charge in [0.1, 0.15) is 0 Å². The summed E-state index contributed by atoms with van der Waals surface area (Å²) < 4.78 is 7.89. The molecule has 89 valence electrons. The van der Waals surface area contributed by atoms with E-state index in [1.807, 2.05) is 0 Å². The van der Waals surface area contributed by atoms with E-state index in [-0.39, 0.29) is 32.7 Å². The zero-order chi connectivity index (χ0) is 11.6. The number of hydrogen-bond acceptors (Lipinski definition) is 0. The van der Waals surface area contributed by atoms with Crippen LogP contribution in [0.5, 0.6) is 0 Å². The summed E-state index contributed by atoms with van der Waals surface area (Å²) in [7, 11) is -0.860. The third-order valence-corrected chi connectivity index (χ3v) is 6.75. The van der Waals surface area contributed by atoms with E-state index in [1.54, 1.807) is 0 Å². The Labute approximate surface area is 125 Å². The Hall–Kier alpha value is 1.53. The molecule has 0 nitrogen and oxygen atoms in total. The van der Waals surface area contributed by atoms with Gasteiger partial charge in [-0.2, -0.15) is 0 Å². The molecule has 0 aromatic carbocycles. The van der Waals surface area contributed by atoms with Crippen molar-refractivity contribution in [3.8, 4) is 0 Å². The van der Waals surface area contributed by atoms with Gasteiger partial charge in [-0.3, -0.25) is 0 Å². The van der Waals surface area contributed by atoms with Crippen molar-refractivity contribution in [2.24, 2.45) is 0 Å². The average Bonchev–Trinajstić information content (AvgIpc) is 2.29. The van der Waals surface area contributed by atoms with Crippen molar-refractivity contribution < 1.29 is 34.1 Å². The van der Waals surface area contributed by atoms with E-state index in [1.165, 1.54) is 57.0 Å². The predicted molar refractivity (Wildman–Crippen MR) is 72.2 cm³/mol. The summed E-state index contributed by atoms with van der Waals surface area (Å²) in [6, 6.07) is 0. The predicted octanol–water partition coefficient (Wildman–Crippen LogP) is 5.03. The van der Waals surface area contributed by atoms with E-state index in [4.69, 9.17) is 1.37 Å². The Kier molecular flexibility index (Phi) is 13.2. The summed E-state index contributed by atoms with van der Waals surface area (Å²) in [6.07, 6.45) is 12.2. The summed E-state index contributed by atoms with van der Waals surface area (Å²) in [5.41, 5.74) is 0. The summed E-state index contributed by atoms with van der Waals surface area (Å²) in [5, 5.41) is 0. The summed E-state index contributed by atoms with van der Waals surface area (Å²) in [6.45, 7) is 7.59. The first-order valence-corrected chi connectivity index (χ1v) is 8.92. The van der Waals surface area contributed by atoms with Crippen molar-refractivity contribution >= 4 is 7.26 Å². The molecule has 0 atom stereocenters. The zero-order valence-electron chi connectivity index (χ0n) is 12.1. The van der Waals surface area contributed by atoms with Gasteiger partial charge in [-0.05, 0) is 19.3 Å². The summed E-state index contributed by atoms with van der Waals surface area (Å²) >= 11 is 0. The molecule has 0 bridgehead atoms. The topological polar surface area (TPSA) is 0 Å². The molecular formula is C13H30PY+. The van der Waals surface area contributed by atoms with Crippen LogP contribution in [-0.2, 0) is 32.7 Å². The standard InChI is InChI=1S/C13H30P.Y/c1-5-8-11-14(4,12-9-6-2)13-10-7-3;/h5-13H2,1-4H3;/q+1;/i4D;. The summed E-state index contributed by atoms with van der Waals surface area (Å²) in [5.74, 6) is 0. The first-order valence-electron chi connectivity index (χ1n) is 7.09. The Morgan fingerprint density at radius 1 is 0.800 bits per heavy atom. The van der Waals surface area contributed by atoms with Gasteiger partial charge in [-0.1, -0.05) is 40.0 Å². The molecule has 0 aromatic rings. The van der Waals surface area contributed by atoms with Crippen molar-refractivity contribution in [1.29, 1.82) is 0 Å². The number of hydrogen-bond donors (Lipinski definition) is 0. The largest absolute Gasteiger partial charge is 0.0672 e. The minimum absolute atomic E-state index is 0. The molecule has 0 amide bonds. The van der Waals surface area contributed by atoms with Crippen molar-refractivity contribution in [2.75, 3.05) is 25.1 Å². The second-order valence-corrected chi connectivity index (χ2v) is 8.60. The van der Waals surface area contributed by atoms with Gasteiger partial charge >= 0.3 is 0 Å². The van der Waals surface area contributed by atoms with E-state index >= 15 is 0 Å². The first-order chi connectivity index (χ1) is 7.24. The van der Waals surface area contributed by atoms with Crippen LogP contribution in [0, 0.1) is 0 Å². The second kappa shape index (κ2) is 12.0. The molecular weight excluding hydrogens is 276 g/mol. The number of unbranched alkanes of at least 4 members (excludes halogenated alkanes) is 3. The average molecular weight is 307 g/mol. The molecule has 0 spiro atoms. The molecule has 1 radical (unpaired) electrons. The van der Waals surface area contributed by atoms with Gasteiger partial charge in [0.05, 0.1) is 19.9 Å². The Bertz CT molecular complexity index is 120. The zero-order valence-corrected chi connectivity index (χ0v) is 14.8. The van der Waals surface area contributed by atoms with Crippen LogP contribution in [0.15, 0.2) is 0 Å². The van der Waals surface area contributed by atoms with Crippen LogP contribution in [0.3, 0.4) is 0 Å². The van der Waals surface area contributed by atoms with Crippen LogP contribution in [0.25, 0.3) is 0 Å². The maximum absolute atomic E-state index is 7.89. The van der Waals surface area contributed by atoms with Crippen LogP contribution < -0.4 is 0 Å². The minimum Gasteiger partial charge on any atom is -0.0652 e. The SMILES string of the molecule is [2H]C[P+](CCCC)(CCCC)CCCC.[Y]. The van der Waals surface area contributed by atoms with Crippen LogP contribution in [0.2, 0.25) is 0 Å². The van der Waals surface area contributed by atoms with Crippen LogP contribution in [0.1, 0.15) is 60.7 Å². The number of rotatable bonds is 9. The molecule has 0 unspecified atom stereocenters. The van der Waals surface area contributed by atoms with E-state index in [0.717, 1.165) is 6.64 Å². The maximum Gasteiger partial charge on any atom is 0.0672 e. The monoisotopic (exact) mass is 307 g/mol. The molecule has 0 N–H and O–H groups in total. The van der Waals surface area contributed by atoms with Crippen LogP contribution in [-0.4, -0.2) is 25.1 Å². The fourth-order valence-corrected chi connectivity index (χ4v) is 5.45. The van der Waals surface area contributed by atoms with Crippen molar-refractivity contribution in [2.45, 2.75) is 59.3 Å². The molecule has 2 heteroatoms. The molecule has 0 aliphatic rings. The molecule has 0 fully saturated rings. The van der Waals surface area contributed by atoms with E-state index in [0.29, 0.717) is 0 Å². The van der Waals surface area contributed by atoms with Gasteiger partial charge in [-0.25, -0.2) is 0 Å². The van der Waals surface area contributed by atoms with Crippen LogP contribution >= 0.6 is 7.26 Å².